The van der Waals surface area contributed by atoms with Gasteiger partial charge in [0.05, 0.1) is 5.56 Å². The number of pyridine rings is 1. The Kier molecular flexibility index (Phi) is 6.12. The van der Waals surface area contributed by atoms with Crippen LogP contribution in [-0.4, -0.2) is 22.0 Å². The molecule has 0 aliphatic heterocycles. The summed E-state index contributed by atoms with van der Waals surface area (Å²) < 4.78 is 41.7. The molecule has 1 aromatic heterocycles. The van der Waals surface area contributed by atoms with E-state index in [0.717, 1.165) is 35.7 Å². The van der Waals surface area contributed by atoms with Gasteiger partial charge in [0.1, 0.15) is 5.49 Å². The Bertz CT molecular complexity index is 719. The molecule has 0 saturated carbocycles. The molecule has 130 valence electrons. The number of rotatable bonds is 6. The zero-order chi connectivity index (χ0) is 17.7. The fraction of sp³-hybridized carbons (Fsp3) is 0.353. The van der Waals surface area contributed by atoms with Crippen molar-refractivity contribution in [2.75, 3.05) is 13.1 Å². The molecule has 0 radical (unpaired) electrons. The first-order valence-electron chi connectivity index (χ1n) is 7.67. The second-order valence-electron chi connectivity index (χ2n) is 5.28. The van der Waals surface area contributed by atoms with E-state index < -0.39 is 11.7 Å². The molecule has 0 aliphatic rings. The SMILES string of the molecule is CCN(CC)Sc1ccc(=N)n(Cc2ccc(C(F)(F)F)cc2)c1. The van der Waals surface area contributed by atoms with Gasteiger partial charge in [-0.1, -0.05) is 26.0 Å². The van der Waals surface area contributed by atoms with E-state index in [9.17, 15) is 13.2 Å². The average molecular weight is 355 g/mol. The molecule has 1 aromatic carbocycles. The van der Waals surface area contributed by atoms with Crippen molar-refractivity contribution in [2.24, 2.45) is 0 Å². The molecular weight excluding hydrogens is 335 g/mol. The molecule has 0 amide bonds. The Labute approximate surface area is 143 Å². The predicted octanol–water partition coefficient (Wildman–Crippen LogP) is 4.38. The van der Waals surface area contributed by atoms with Gasteiger partial charge in [0.15, 0.2) is 0 Å². The quantitative estimate of drug-likeness (QED) is 0.780. The average Bonchev–Trinajstić information content (AvgIpc) is 2.55. The van der Waals surface area contributed by atoms with Crippen molar-refractivity contribution in [3.05, 3.63) is 59.2 Å². The number of alkyl halides is 3. The first-order valence-corrected chi connectivity index (χ1v) is 8.45. The summed E-state index contributed by atoms with van der Waals surface area (Å²) in [5.41, 5.74) is 0.387. The van der Waals surface area contributed by atoms with Crippen molar-refractivity contribution in [1.82, 2.24) is 8.87 Å². The summed E-state index contributed by atoms with van der Waals surface area (Å²) in [5.74, 6) is 0. The second-order valence-corrected chi connectivity index (χ2v) is 6.45. The summed E-state index contributed by atoms with van der Waals surface area (Å²) in [6.07, 6.45) is -2.46. The van der Waals surface area contributed by atoms with Gasteiger partial charge < -0.3 is 4.57 Å². The number of aromatic nitrogens is 1. The van der Waals surface area contributed by atoms with Crippen LogP contribution in [0, 0.1) is 5.41 Å². The number of nitrogens with zero attached hydrogens (tertiary/aromatic N) is 2. The Hall–Kier alpha value is -1.73. The summed E-state index contributed by atoms with van der Waals surface area (Å²) in [4.78, 5) is 1.00. The van der Waals surface area contributed by atoms with E-state index in [0.29, 0.717) is 12.0 Å². The number of nitrogens with one attached hydrogen (secondary N) is 1. The molecule has 0 atom stereocenters. The molecule has 0 spiro atoms. The molecule has 0 unspecified atom stereocenters. The van der Waals surface area contributed by atoms with Crippen molar-refractivity contribution in [3.8, 4) is 0 Å². The van der Waals surface area contributed by atoms with Gasteiger partial charge in [0, 0.05) is 30.7 Å². The van der Waals surface area contributed by atoms with E-state index in [-0.39, 0.29) is 0 Å². The Morgan fingerprint density at radius 1 is 1.04 bits per heavy atom. The van der Waals surface area contributed by atoms with Crippen LogP contribution >= 0.6 is 11.9 Å². The third-order valence-electron chi connectivity index (χ3n) is 3.57. The summed E-state index contributed by atoms with van der Waals surface area (Å²) in [7, 11) is 0. The molecule has 24 heavy (non-hydrogen) atoms. The van der Waals surface area contributed by atoms with Gasteiger partial charge in [0.25, 0.3) is 0 Å². The highest BCUT2D eigenvalue weighted by molar-refractivity contribution is 7.97. The highest BCUT2D eigenvalue weighted by atomic mass is 32.2. The van der Waals surface area contributed by atoms with Gasteiger partial charge in [0.2, 0.25) is 0 Å². The first kappa shape index (κ1) is 18.6. The molecule has 7 heteroatoms. The minimum Gasteiger partial charge on any atom is -0.328 e. The summed E-state index contributed by atoms with van der Waals surface area (Å²) in [6.45, 7) is 6.33. The summed E-state index contributed by atoms with van der Waals surface area (Å²) in [5, 5.41) is 7.99. The third kappa shape index (κ3) is 4.88. The minimum absolute atomic E-state index is 0.318. The lowest BCUT2D eigenvalue weighted by Gasteiger charge is -2.17. The topological polar surface area (TPSA) is 32.0 Å². The molecule has 2 rings (SSSR count). The Morgan fingerprint density at radius 2 is 1.67 bits per heavy atom. The van der Waals surface area contributed by atoms with Gasteiger partial charge in [-0.25, -0.2) is 4.31 Å². The minimum atomic E-state index is -4.33. The number of hydrogen-bond donors (Lipinski definition) is 1. The van der Waals surface area contributed by atoms with E-state index in [1.54, 1.807) is 22.6 Å². The highest BCUT2D eigenvalue weighted by Crippen LogP contribution is 2.29. The maximum absolute atomic E-state index is 12.6. The summed E-state index contributed by atoms with van der Waals surface area (Å²) in [6, 6.07) is 8.66. The highest BCUT2D eigenvalue weighted by Gasteiger charge is 2.29. The van der Waals surface area contributed by atoms with E-state index in [1.807, 2.05) is 12.3 Å². The first-order chi connectivity index (χ1) is 11.3. The lowest BCUT2D eigenvalue weighted by molar-refractivity contribution is -0.137. The lowest BCUT2D eigenvalue weighted by atomic mass is 10.1. The normalized spacial score (nSPS) is 11.9. The second kappa shape index (κ2) is 7.90. The fourth-order valence-corrected chi connectivity index (χ4v) is 3.07. The molecule has 2 aromatic rings. The van der Waals surface area contributed by atoms with Gasteiger partial charge in [-0.3, -0.25) is 5.41 Å². The van der Waals surface area contributed by atoms with Crippen LogP contribution in [0.5, 0.6) is 0 Å². The van der Waals surface area contributed by atoms with Crippen LogP contribution in [0.15, 0.2) is 47.5 Å². The van der Waals surface area contributed by atoms with Gasteiger partial charge in [-0.05, 0) is 41.8 Å². The Balaban J connectivity index is 2.18. The molecule has 1 N–H and O–H groups in total. The van der Waals surface area contributed by atoms with E-state index in [1.165, 1.54) is 12.1 Å². The van der Waals surface area contributed by atoms with Crippen molar-refractivity contribution >= 4 is 11.9 Å². The van der Waals surface area contributed by atoms with E-state index in [2.05, 4.69) is 18.2 Å². The zero-order valence-corrected chi connectivity index (χ0v) is 14.4. The van der Waals surface area contributed by atoms with Crippen molar-refractivity contribution in [2.45, 2.75) is 31.5 Å². The van der Waals surface area contributed by atoms with Crippen molar-refractivity contribution in [1.29, 1.82) is 5.41 Å². The molecule has 0 bridgehead atoms. The van der Waals surface area contributed by atoms with Crippen molar-refractivity contribution in [3.63, 3.8) is 0 Å². The van der Waals surface area contributed by atoms with Crippen LogP contribution in [0.25, 0.3) is 0 Å². The van der Waals surface area contributed by atoms with Gasteiger partial charge >= 0.3 is 6.18 Å². The number of halogens is 3. The number of benzene rings is 1. The van der Waals surface area contributed by atoms with E-state index in [4.69, 9.17) is 5.41 Å². The molecule has 3 nitrogen and oxygen atoms in total. The smallest absolute Gasteiger partial charge is 0.328 e. The van der Waals surface area contributed by atoms with Gasteiger partial charge in [-0.2, -0.15) is 13.2 Å². The van der Waals surface area contributed by atoms with Gasteiger partial charge in [-0.15, -0.1) is 0 Å². The van der Waals surface area contributed by atoms with Crippen molar-refractivity contribution < 1.29 is 13.2 Å². The standard InChI is InChI=1S/C17H20F3N3S/c1-3-23(4-2)24-15-9-10-16(21)22(12-15)11-13-5-7-14(8-6-13)17(18,19)20/h5-10,12,21H,3-4,11H2,1-2H3. The monoisotopic (exact) mass is 355 g/mol. The molecule has 1 heterocycles. The van der Waals surface area contributed by atoms with Crippen LogP contribution in [-0.2, 0) is 12.7 Å². The zero-order valence-electron chi connectivity index (χ0n) is 13.6. The molecule has 0 fully saturated rings. The van der Waals surface area contributed by atoms with Crippen LogP contribution in [0.2, 0.25) is 0 Å². The maximum Gasteiger partial charge on any atom is 0.416 e. The van der Waals surface area contributed by atoms with Crippen LogP contribution < -0.4 is 5.49 Å². The largest absolute Gasteiger partial charge is 0.416 e. The van der Waals surface area contributed by atoms with Crippen LogP contribution in [0.4, 0.5) is 13.2 Å². The van der Waals surface area contributed by atoms with E-state index >= 15 is 0 Å². The third-order valence-corrected chi connectivity index (χ3v) is 4.80. The summed E-state index contributed by atoms with van der Waals surface area (Å²) >= 11 is 1.61. The lowest BCUT2D eigenvalue weighted by Crippen LogP contribution is -2.20. The predicted molar refractivity (Wildman–Crippen MR) is 89.6 cm³/mol. The number of hydrogen-bond acceptors (Lipinski definition) is 3. The maximum atomic E-state index is 12.6. The molecular formula is C17H20F3N3S. The Morgan fingerprint density at radius 3 is 2.21 bits per heavy atom. The van der Waals surface area contributed by atoms with Crippen LogP contribution in [0.3, 0.4) is 0 Å². The molecule has 0 aliphatic carbocycles. The fourth-order valence-electron chi connectivity index (χ4n) is 2.21. The molecule has 0 saturated heterocycles. The van der Waals surface area contributed by atoms with Crippen LogP contribution in [0.1, 0.15) is 25.0 Å².